The molecule has 0 unspecified atom stereocenters. The molecule has 2 aromatic carbocycles. The molecule has 0 aliphatic rings. The Hall–Kier alpha value is 0.130. The SMILES string of the molecule is COc1ccc(C(C)(Cl)Cl)cc1.CSc1ccc(C(Br)Br)cc1. The third-order valence-corrected chi connectivity index (χ3v) is 5.20. The van der Waals surface area contributed by atoms with Crippen LogP contribution < -0.4 is 4.74 Å². The van der Waals surface area contributed by atoms with Crippen molar-refractivity contribution in [1.29, 1.82) is 0 Å². The van der Waals surface area contributed by atoms with E-state index in [0.29, 0.717) is 0 Å². The van der Waals surface area contributed by atoms with Crippen LogP contribution in [0.5, 0.6) is 5.75 Å². The summed E-state index contributed by atoms with van der Waals surface area (Å²) in [4.78, 5) is 1.30. The average Bonchev–Trinajstić information content (AvgIpc) is 2.54. The first-order valence-electron chi connectivity index (χ1n) is 6.72. The molecule has 0 radical (unpaired) electrons. The smallest absolute Gasteiger partial charge is 0.140 e. The van der Waals surface area contributed by atoms with Gasteiger partial charge in [0.2, 0.25) is 0 Å². The van der Waals surface area contributed by atoms with Gasteiger partial charge in [-0.3, -0.25) is 0 Å². The number of ether oxygens (including phenoxy) is 1. The second-order valence-corrected chi connectivity index (χ2v) is 10.3. The maximum atomic E-state index is 5.88. The van der Waals surface area contributed by atoms with Gasteiger partial charge < -0.3 is 4.74 Å². The topological polar surface area (TPSA) is 9.23 Å². The van der Waals surface area contributed by atoms with E-state index in [-0.39, 0.29) is 3.74 Å². The van der Waals surface area contributed by atoms with Gasteiger partial charge in [-0.15, -0.1) is 11.8 Å². The predicted molar refractivity (Wildman–Crippen MR) is 111 cm³/mol. The van der Waals surface area contributed by atoms with E-state index in [2.05, 4.69) is 62.4 Å². The number of hydrogen-bond acceptors (Lipinski definition) is 2. The maximum absolute atomic E-state index is 5.88. The molecule has 2 rings (SSSR count). The first kappa shape index (κ1) is 21.2. The Labute approximate surface area is 169 Å². The van der Waals surface area contributed by atoms with Gasteiger partial charge in [-0.2, -0.15) is 0 Å². The van der Waals surface area contributed by atoms with E-state index < -0.39 is 4.33 Å². The summed E-state index contributed by atoms with van der Waals surface area (Å²) in [5.41, 5.74) is 2.12. The standard InChI is InChI=1S/C9H10Cl2O.C8H8Br2S/c1-9(10,11)7-3-5-8(12-2)6-4-7;1-11-7-4-2-6(3-5-7)8(9)10/h3-6H,1-2H3;2-5,8H,1H3. The normalized spacial score (nSPS) is 11.0. The molecule has 0 N–H and O–H groups in total. The highest BCUT2D eigenvalue weighted by molar-refractivity contribution is 9.24. The maximum Gasteiger partial charge on any atom is 0.140 e. The van der Waals surface area contributed by atoms with Crippen molar-refractivity contribution < 1.29 is 4.74 Å². The van der Waals surface area contributed by atoms with Crippen molar-refractivity contribution in [2.45, 2.75) is 19.9 Å². The molecule has 0 atom stereocenters. The second kappa shape index (κ2) is 10.2. The van der Waals surface area contributed by atoms with E-state index in [0.717, 1.165) is 11.3 Å². The molecule has 23 heavy (non-hydrogen) atoms. The molecule has 1 nitrogen and oxygen atoms in total. The molecule has 0 spiro atoms. The lowest BCUT2D eigenvalue weighted by molar-refractivity contribution is 0.414. The number of benzene rings is 2. The third-order valence-electron chi connectivity index (χ3n) is 2.96. The van der Waals surface area contributed by atoms with Crippen LogP contribution in [0.1, 0.15) is 21.8 Å². The van der Waals surface area contributed by atoms with Crippen molar-refractivity contribution in [3.63, 3.8) is 0 Å². The van der Waals surface area contributed by atoms with E-state index in [9.17, 15) is 0 Å². The molecule has 0 saturated heterocycles. The minimum Gasteiger partial charge on any atom is -0.497 e. The van der Waals surface area contributed by atoms with Crippen LogP contribution in [0.25, 0.3) is 0 Å². The Balaban J connectivity index is 0.000000231. The minimum atomic E-state index is -0.827. The number of hydrogen-bond donors (Lipinski definition) is 0. The molecular weight excluding hydrogens is 483 g/mol. The van der Waals surface area contributed by atoms with Crippen molar-refractivity contribution in [1.82, 2.24) is 0 Å². The van der Waals surface area contributed by atoms with E-state index in [1.165, 1.54) is 10.5 Å². The van der Waals surface area contributed by atoms with Crippen LogP contribution in [0.2, 0.25) is 0 Å². The molecule has 0 saturated carbocycles. The largest absolute Gasteiger partial charge is 0.497 e. The Kier molecular flexibility index (Phi) is 9.39. The van der Waals surface area contributed by atoms with Gasteiger partial charge in [0.25, 0.3) is 0 Å². The fraction of sp³-hybridized carbons (Fsp3) is 0.294. The van der Waals surface area contributed by atoms with Crippen molar-refractivity contribution in [2.24, 2.45) is 0 Å². The lowest BCUT2D eigenvalue weighted by atomic mass is 10.1. The molecule has 2 aromatic rings. The minimum absolute atomic E-state index is 0.269. The average molecular weight is 501 g/mol. The Bertz CT molecular complexity index is 581. The van der Waals surface area contributed by atoms with E-state index in [1.54, 1.807) is 25.8 Å². The molecule has 0 heterocycles. The first-order chi connectivity index (χ1) is 10.8. The summed E-state index contributed by atoms with van der Waals surface area (Å²) in [6, 6.07) is 15.8. The third kappa shape index (κ3) is 7.70. The lowest BCUT2D eigenvalue weighted by Crippen LogP contribution is -2.02. The summed E-state index contributed by atoms with van der Waals surface area (Å²) in [5, 5.41) is 0. The highest BCUT2D eigenvalue weighted by atomic mass is 79.9. The van der Waals surface area contributed by atoms with E-state index in [4.69, 9.17) is 27.9 Å². The Morgan fingerprint density at radius 2 is 1.52 bits per heavy atom. The van der Waals surface area contributed by atoms with Gasteiger partial charge in [-0.1, -0.05) is 79.3 Å². The number of rotatable bonds is 4. The molecule has 0 aliphatic heterocycles. The van der Waals surface area contributed by atoms with Crippen LogP contribution in [-0.2, 0) is 4.33 Å². The number of thioether (sulfide) groups is 1. The molecule has 0 amide bonds. The predicted octanol–water partition coefficient (Wildman–Crippen LogP) is 7.54. The van der Waals surface area contributed by atoms with Crippen LogP contribution in [-0.4, -0.2) is 13.4 Å². The summed E-state index contributed by atoms with van der Waals surface area (Å²) in [7, 11) is 1.62. The zero-order valence-corrected chi connectivity index (χ0v) is 18.5. The zero-order valence-electron chi connectivity index (χ0n) is 13.0. The summed E-state index contributed by atoms with van der Waals surface area (Å²) in [5.74, 6) is 0.802. The molecule has 0 bridgehead atoms. The molecule has 0 aromatic heterocycles. The Morgan fingerprint density at radius 3 is 1.87 bits per heavy atom. The van der Waals surface area contributed by atoms with Crippen LogP contribution in [0, 0.1) is 0 Å². The van der Waals surface area contributed by atoms with Crippen LogP contribution in [0.15, 0.2) is 53.4 Å². The first-order valence-corrected chi connectivity index (χ1v) is 10.5. The van der Waals surface area contributed by atoms with Crippen LogP contribution in [0.4, 0.5) is 0 Å². The summed E-state index contributed by atoms with van der Waals surface area (Å²) >= 11 is 20.4. The van der Waals surface area contributed by atoms with Gasteiger partial charge >= 0.3 is 0 Å². The quantitative estimate of drug-likeness (QED) is 0.316. The van der Waals surface area contributed by atoms with Crippen molar-refractivity contribution in [3.05, 3.63) is 59.7 Å². The van der Waals surface area contributed by atoms with Gasteiger partial charge in [0.05, 0.1) is 10.8 Å². The number of methoxy groups -OCH3 is 1. The fourth-order valence-electron chi connectivity index (χ4n) is 1.63. The second-order valence-electron chi connectivity index (χ2n) is 4.69. The number of alkyl halides is 4. The van der Waals surface area contributed by atoms with Gasteiger partial charge in [0, 0.05) is 4.90 Å². The Morgan fingerprint density at radius 1 is 1.00 bits per heavy atom. The van der Waals surface area contributed by atoms with Crippen molar-refractivity contribution >= 4 is 66.8 Å². The molecule has 0 fully saturated rings. The van der Waals surface area contributed by atoms with Crippen LogP contribution in [0.3, 0.4) is 0 Å². The fourth-order valence-corrected chi connectivity index (χ4v) is 2.90. The monoisotopic (exact) mass is 498 g/mol. The van der Waals surface area contributed by atoms with Gasteiger partial charge in [0.15, 0.2) is 0 Å². The van der Waals surface area contributed by atoms with Crippen molar-refractivity contribution in [2.75, 3.05) is 13.4 Å². The van der Waals surface area contributed by atoms with Crippen molar-refractivity contribution in [3.8, 4) is 5.75 Å². The molecule has 6 heteroatoms. The van der Waals surface area contributed by atoms with E-state index >= 15 is 0 Å². The summed E-state index contributed by atoms with van der Waals surface area (Å²) < 4.78 is 4.44. The lowest BCUT2D eigenvalue weighted by Gasteiger charge is -2.13. The van der Waals surface area contributed by atoms with Gasteiger partial charge in [0.1, 0.15) is 10.1 Å². The summed E-state index contributed by atoms with van der Waals surface area (Å²) in [6.07, 6.45) is 2.08. The number of halogens is 4. The molecule has 126 valence electrons. The summed E-state index contributed by atoms with van der Waals surface area (Å²) in [6.45, 7) is 1.73. The molecule has 0 aliphatic carbocycles. The zero-order chi connectivity index (χ0) is 17.5. The van der Waals surface area contributed by atoms with Gasteiger partial charge in [-0.25, -0.2) is 0 Å². The van der Waals surface area contributed by atoms with E-state index in [1.807, 2.05) is 24.3 Å². The van der Waals surface area contributed by atoms with Crippen LogP contribution >= 0.6 is 66.8 Å². The highest BCUT2D eigenvalue weighted by Gasteiger charge is 2.18. The highest BCUT2D eigenvalue weighted by Crippen LogP contribution is 2.33. The van der Waals surface area contributed by atoms with Gasteiger partial charge in [-0.05, 0) is 48.6 Å². The molecular formula is C17H18Br2Cl2OS.